The average molecular weight is 265 g/mol. The van der Waals surface area contributed by atoms with Crippen molar-refractivity contribution in [2.24, 2.45) is 5.92 Å². The zero-order valence-electron chi connectivity index (χ0n) is 12.8. The van der Waals surface area contributed by atoms with E-state index in [-0.39, 0.29) is 0 Å². The molecule has 2 saturated heterocycles. The van der Waals surface area contributed by atoms with Gasteiger partial charge in [-0.1, -0.05) is 6.92 Å². The summed E-state index contributed by atoms with van der Waals surface area (Å²) in [6.07, 6.45) is 8.37. The van der Waals surface area contributed by atoms with E-state index in [0.29, 0.717) is 0 Å². The number of hydrogen-bond donors (Lipinski definition) is 1. The minimum absolute atomic E-state index is 0.772. The second-order valence-corrected chi connectivity index (χ2v) is 6.98. The van der Waals surface area contributed by atoms with Gasteiger partial charge in [-0.2, -0.15) is 0 Å². The van der Waals surface area contributed by atoms with E-state index in [9.17, 15) is 0 Å². The second kappa shape index (κ2) is 6.11. The highest BCUT2D eigenvalue weighted by molar-refractivity contribution is 4.92. The summed E-state index contributed by atoms with van der Waals surface area (Å²) < 4.78 is 0. The van der Waals surface area contributed by atoms with Gasteiger partial charge in [0.1, 0.15) is 0 Å². The first-order valence-corrected chi connectivity index (χ1v) is 8.45. The van der Waals surface area contributed by atoms with Crippen LogP contribution in [-0.2, 0) is 0 Å². The van der Waals surface area contributed by atoms with Crippen molar-refractivity contribution >= 4 is 0 Å². The summed E-state index contributed by atoms with van der Waals surface area (Å²) >= 11 is 0. The van der Waals surface area contributed by atoms with Gasteiger partial charge in [-0.15, -0.1) is 0 Å². The Bertz CT molecular complexity index is 290. The molecule has 2 heterocycles. The molecule has 1 N–H and O–H groups in total. The zero-order chi connectivity index (χ0) is 13.2. The van der Waals surface area contributed by atoms with E-state index in [1.54, 1.807) is 0 Å². The van der Waals surface area contributed by atoms with Crippen LogP contribution in [-0.4, -0.2) is 61.2 Å². The van der Waals surface area contributed by atoms with Gasteiger partial charge in [-0.25, -0.2) is 0 Å². The van der Waals surface area contributed by atoms with Crippen LogP contribution in [0.1, 0.15) is 45.4 Å². The molecule has 3 fully saturated rings. The topological polar surface area (TPSA) is 18.5 Å². The lowest BCUT2D eigenvalue weighted by Crippen LogP contribution is -2.56. The molecule has 0 radical (unpaired) electrons. The maximum absolute atomic E-state index is 3.73. The predicted molar refractivity (Wildman–Crippen MR) is 80.4 cm³/mol. The Morgan fingerprint density at radius 2 is 2.00 bits per heavy atom. The van der Waals surface area contributed by atoms with Crippen LogP contribution in [0.4, 0.5) is 0 Å². The molecule has 0 bridgehead atoms. The van der Waals surface area contributed by atoms with Crippen LogP contribution in [0.2, 0.25) is 0 Å². The zero-order valence-corrected chi connectivity index (χ0v) is 12.8. The normalized spacial score (nSPS) is 35.1. The molecular formula is C16H31N3. The molecule has 3 nitrogen and oxygen atoms in total. The van der Waals surface area contributed by atoms with Gasteiger partial charge in [0.15, 0.2) is 0 Å². The highest BCUT2D eigenvalue weighted by Crippen LogP contribution is 2.30. The summed E-state index contributed by atoms with van der Waals surface area (Å²) in [4.78, 5) is 5.41. The SMILES string of the molecule is CCC(CNC1CC1)N1CCC2C(CCCN2C)C1. The maximum Gasteiger partial charge on any atom is 0.0218 e. The molecule has 0 spiro atoms. The van der Waals surface area contributed by atoms with Crippen molar-refractivity contribution in [3.8, 4) is 0 Å². The third-order valence-electron chi connectivity index (χ3n) is 5.58. The number of nitrogens with zero attached hydrogens (tertiary/aromatic N) is 2. The Kier molecular flexibility index (Phi) is 4.45. The highest BCUT2D eigenvalue weighted by atomic mass is 15.2. The first-order valence-electron chi connectivity index (χ1n) is 8.45. The van der Waals surface area contributed by atoms with Crippen LogP contribution in [0.5, 0.6) is 0 Å². The largest absolute Gasteiger partial charge is 0.312 e. The molecule has 3 unspecified atom stereocenters. The van der Waals surface area contributed by atoms with E-state index in [4.69, 9.17) is 0 Å². The quantitative estimate of drug-likeness (QED) is 0.819. The van der Waals surface area contributed by atoms with E-state index in [1.807, 2.05) is 0 Å². The van der Waals surface area contributed by atoms with Crippen molar-refractivity contribution < 1.29 is 0 Å². The Labute approximate surface area is 118 Å². The minimum Gasteiger partial charge on any atom is -0.312 e. The first-order chi connectivity index (χ1) is 9.28. The highest BCUT2D eigenvalue weighted by Gasteiger charge is 2.36. The molecule has 1 aliphatic carbocycles. The monoisotopic (exact) mass is 265 g/mol. The lowest BCUT2D eigenvalue weighted by Gasteiger charge is -2.48. The minimum atomic E-state index is 0.772. The van der Waals surface area contributed by atoms with E-state index < -0.39 is 0 Å². The van der Waals surface area contributed by atoms with Crippen molar-refractivity contribution in [3.63, 3.8) is 0 Å². The Morgan fingerprint density at radius 1 is 1.16 bits per heavy atom. The van der Waals surface area contributed by atoms with Gasteiger partial charge in [-0.3, -0.25) is 4.90 Å². The van der Waals surface area contributed by atoms with Crippen LogP contribution in [0.3, 0.4) is 0 Å². The lowest BCUT2D eigenvalue weighted by molar-refractivity contribution is 0.0192. The summed E-state index contributed by atoms with van der Waals surface area (Å²) in [5.41, 5.74) is 0. The fraction of sp³-hybridized carbons (Fsp3) is 1.00. The average Bonchev–Trinajstić information content (AvgIpc) is 3.24. The molecule has 1 saturated carbocycles. The molecule has 0 amide bonds. The van der Waals surface area contributed by atoms with Crippen molar-refractivity contribution in [1.29, 1.82) is 0 Å². The molecule has 0 aromatic heterocycles. The van der Waals surface area contributed by atoms with Gasteiger partial charge in [0, 0.05) is 31.2 Å². The van der Waals surface area contributed by atoms with Crippen LogP contribution < -0.4 is 5.32 Å². The van der Waals surface area contributed by atoms with E-state index >= 15 is 0 Å². The number of piperidine rings is 2. The summed E-state index contributed by atoms with van der Waals surface area (Å²) in [5, 5.41) is 3.73. The number of nitrogens with one attached hydrogen (secondary N) is 1. The van der Waals surface area contributed by atoms with Gasteiger partial charge in [0.2, 0.25) is 0 Å². The Hall–Kier alpha value is -0.120. The first kappa shape index (κ1) is 13.8. The van der Waals surface area contributed by atoms with Gasteiger partial charge >= 0.3 is 0 Å². The van der Waals surface area contributed by atoms with Crippen molar-refractivity contribution in [1.82, 2.24) is 15.1 Å². The molecule has 110 valence electrons. The molecule has 2 aliphatic heterocycles. The number of fused-ring (bicyclic) bond motifs is 1. The van der Waals surface area contributed by atoms with Gasteiger partial charge < -0.3 is 10.2 Å². The molecule has 3 atom stereocenters. The molecule has 3 heteroatoms. The van der Waals surface area contributed by atoms with Crippen LogP contribution in [0.25, 0.3) is 0 Å². The molecule has 0 aromatic carbocycles. The van der Waals surface area contributed by atoms with Crippen LogP contribution in [0.15, 0.2) is 0 Å². The number of likely N-dealkylation sites (tertiary alicyclic amines) is 2. The summed E-state index contributed by atoms with van der Waals surface area (Å²) in [6.45, 7) is 7.56. The smallest absolute Gasteiger partial charge is 0.0218 e. The number of hydrogen-bond acceptors (Lipinski definition) is 3. The van der Waals surface area contributed by atoms with Crippen molar-refractivity contribution in [2.75, 3.05) is 33.2 Å². The van der Waals surface area contributed by atoms with E-state index in [2.05, 4.69) is 29.1 Å². The fourth-order valence-corrected chi connectivity index (χ4v) is 4.13. The molecule has 0 aromatic rings. The second-order valence-electron chi connectivity index (χ2n) is 6.98. The Balaban J connectivity index is 1.52. The third kappa shape index (κ3) is 3.32. The molecule has 3 rings (SSSR count). The van der Waals surface area contributed by atoms with Gasteiger partial charge in [0.05, 0.1) is 0 Å². The van der Waals surface area contributed by atoms with E-state index in [1.165, 1.54) is 64.7 Å². The number of rotatable bonds is 5. The summed E-state index contributed by atoms with van der Waals surface area (Å²) in [7, 11) is 2.33. The van der Waals surface area contributed by atoms with Crippen molar-refractivity contribution in [2.45, 2.75) is 63.6 Å². The summed E-state index contributed by atoms with van der Waals surface area (Å²) in [5.74, 6) is 0.933. The fourth-order valence-electron chi connectivity index (χ4n) is 4.13. The van der Waals surface area contributed by atoms with Crippen LogP contribution >= 0.6 is 0 Å². The standard InChI is InChI=1S/C16H31N3/c1-3-15(11-17-14-6-7-14)19-10-8-16-13(12-19)5-4-9-18(16)2/h13-17H,3-12H2,1-2H3. The van der Waals surface area contributed by atoms with Crippen LogP contribution in [0, 0.1) is 5.92 Å². The molecular weight excluding hydrogens is 234 g/mol. The maximum atomic E-state index is 3.73. The summed E-state index contributed by atoms with van der Waals surface area (Å²) in [6, 6.07) is 2.50. The van der Waals surface area contributed by atoms with E-state index in [0.717, 1.165) is 24.0 Å². The van der Waals surface area contributed by atoms with Gasteiger partial charge in [0.25, 0.3) is 0 Å². The van der Waals surface area contributed by atoms with Gasteiger partial charge in [-0.05, 0) is 64.6 Å². The predicted octanol–water partition coefficient (Wildman–Crippen LogP) is 1.93. The van der Waals surface area contributed by atoms with Crippen molar-refractivity contribution in [3.05, 3.63) is 0 Å². The third-order valence-corrected chi connectivity index (χ3v) is 5.58. The lowest BCUT2D eigenvalue weighted by atomic mass is 9.83. The molecule has 19 heavy (non-hydrogen) atoms. The Morgan fingerprint density at radius 3 is 2.74 bits per heavy atom. The molecule has 3 aliphatic rings.